The van der Waals surface area contributed by atoms with Crippen molar-refractivity contribution in [3.8, 4) is 5.69 Å². The molecule has 2 heterocycles. The molecule has 0 aliphatic rings. The van der Waals surface area contributed by atoms with Crippen molar-refractivity contribution in [1.29, 1.82) is 0 Å². The fraction of sp³-hybridized carbons (Fsp3) is 0. The van der Waals surface area contributed by atoms with Gasteiger partial charge in [-0.2, -0.15) is 5.10 Å². The number of nitrogens with zero attached hydrogens (tertiary/aromatic N) is 3. The molecule has 4 aromatic rings. The van der Waals surface area contributed by atoms with Crippen molar-refractivity contribution in [2.45, 2.75) is 0 Å². The molecule has 4 rings (SSSR count). The summed E-state index contributed by atoms with van der Waals surface area (Å²) in [6.07, 6.45) is 2.93. The molecular formula is C20H14ClN5O2S. The van der Waals surface area contributed by atoms with E-state index in [-0.39, 0.29) is 11.8 Å². The number of carbonyl (C=O) groups is 2. The van der Waals surface area contributed by atoms with Crippen LogP contribution in [0, 0.1) is 0 Å². The lowest BCUT2D eigenvalue weighted by Gasteiger charge is -2.12. The molecule has 2 aromatic heterocycles. The Kier molecular flexibility index (Phi) is 5.37. The van der Waals surface area contributed by atoms with Crippen molar-refractivity contribution in [3.63, 3.8) is 0 Å². The molecule has 0 aliphatic heterocycles. The first-order valence-corrected chi connectivity index (χ1v) is 9.77. The highest BCUT2D eigenvalue weighted by molar-refractivity contribution is 7.12. The Morgan fingerprint density at radius 1 is 1.00 bits per heavy atom. The minimum atomic E-state index is -0.346. The maximum Gasteiger partial charge on any atom is 0.265 e. The molecule has 0 radical (unpaired) electrons. The number of amides is 2. The molecule has 0 unspecified atom stereocenters. The van der Waals surface area contributed by atoms with Gasteiger partial charge in [-0.3, -0.25) is 9.59 Å². The van der Waals surface area contributed by atoms with Crippen molar-refractivity contribution in [3.05, 3.63) is 88.1 Å². The largest absolute Gasteiger partial charge is 0.321 e. The number of halogens is 1. The second-order valence-corrected chi connectivity index (χ2v) is 7.35. The first-order valence-electron chi connectivity index (χ1n) is 8.51. The van der Waals surface area contributed by atoms with Crippen LogP contribution in [0.2, 0.25) is 5.02 Å². The van der Waals surface area contributed by atoms with Crippen molar-refractivity contribution in [2.24, 2.45) is 0 Å². The second-order valence-electron chi connectivity index (χ2n) is 5.97. The van der Waals surface area contributed by atoms with E-state index >= 15 is 0 Å². The summed E-state index contributed by atoms with van der Waals surface area (Å²) < 4.78 is 1.53. The van der Waals surface area contributed by atoms with E-state index in [0.29, 0.717) is 32.5 Å². The third-order valence-electron chi connectivity index (χ3n) is 4.00. The predicted molar refractivity (Wildman–Crippen MR) is 113 cm³/mol. The second kappa shape index (κ2) is 8.26. The summed E-state index contributed by atoms with van der Waals surface area (Å²) in [6.45, 7) is 0. The highest BCUT2D eigenvalue weighted by Crippen LogP contribution is 2.25. The van der Waals surface area contributed by atoms with Gasteiger partial charge in [0.05, 0.1) is 16.3 Å². The van der Waals surface area contributed by atoms with Gasteiger partial charge in [-0.05, 0) is 47.8 Å². The molecule has 0 saturated heterocycles. The van der Waals surface area contributed by atoms with Crippen molar-refractivity contribution >= 4 is 46.1 Å². The quantitative estimate of drug-likeness (QED) is 0.495. The lowest BCUT2D eigenvalue weighted by atomic mass is 10.1. The summed E-state index contributed by atoms with van der Waals surface area (Å²) >= 11 is 7.44. The monoisotopic (exact) mass is 423 g/mol. The van der Waals surface area contributed by atoms with E-state index in [0.717, 1.165) is 0 Å². The van der Waals surface area contributed by atoms with Crippen molar-refractivity contribution in [1.82, 2.24) is 14.8 Å². The Morgan fingerprint density at radius 3 is 2.66 bits per heavy atom. The van der Waals surface area contributed by atoms with Gasteiger partial charge in [-0.15, -0.1) is 11.3 Å². The number of aromatic nitrogens is 3. The standard InChI is InChI=1S/C20H14ClN5O2S/c21-14-6-7-17(26-12-22-11-23-26)16(10-14)25-19(27)13-3-1-4-15(9-13)24-20(28)18-5-2-8-29-18/h1-12H,(H,24,28)(H,25,27). The van der Waals surface area contributed by atoms with Crippen LogP contribution in [0.3, 0.4) is 0 Å². The van der Waals surface area contributed by atoms with Crippen LogP contribution in [0.1, 0.15) is 20.0 Å². The number of anilines is 2. The first kappa shape index (κ1) is 18.9. The molecular weight excluding hydrogens is 410 g/mol. The summed E-state index contributed by atoms with van der Waals surface area (Å²) in [6, 6.07) is 15.3. The van der Waals surface area contributed by atoms with Crippen LogP contribution < -0.4 is 10.6 Å². The number of carbonyl (C=O) groups excluding carboxylic acids is 2. The summed E-state index contributed by atoms with van der Waals surface area (Å²) in [4.78, 5) is 29.6. The molecule has 0 atom stereocenters. The molecule has 29 heavy (non-hydrogen) atoms. The van der Waals surface area contributed by atoms with Gasteiger partial charge in [-0.1, -0.05) is 23.7 Å². The molecule has 0 bridgehead atoms. The molecule has 0 fully saturated rings. The van der Waals surface area contributed by atoms with E-state index in [2.05, 4.69) is 20.7 Å². The average Bonchev–Trinajstić information content (AvgIpc) is 3.42. The van der Waals surface area contributed by atoms with Gasteiger partial charge in [-0.25, -0.2) is 9.67 Å². The van der Waals surface area contributed by atoms with Crippen LogP contribution in [0.15, 0.2) is 72.6 Å². The fourth-order valence-corrected chi connectivity index (χ4v) is 3.46. The van der Waals surface area contributed by atoms with E-state index in [1.165, 1.54) is 28.7 Å². The van der Waals surface area contributed by atoms with E-state index < -0.39 is 0 Å². The van der Waals surface area contributed by atoms with Crippen LogP contribution in [0.4, 0.5) is 11.4 Å². The molecule has 0 aliphatic carbocycles. The minimum Gasteiger partial charge on any atom is -0.321 e. The number of rotatable bonds is 5. The maximum atomic E-state index is 12.8. The predicted octanol–water partition coefficient (Wildman–Crippen LogP) is 4.49. The van der Waals surface area contributed by atoms with Gasteiger partial charge < -0.3 is 10.6 Å². The number of benzene rings is 2. The lowest BCUT2D eigenvalue weighted by Crippen LogP contribution is -2.15. The molecule has 144 valence electrons. The van der Waals surface area contributed by atoms with Crippen molar-refractivity contribution < 1.29 is 9.59 Å². The fourth-order valence-electron chi connectivity index (χ4n) is 2.67. The van der Waals surface area contributed by atoms with E-state index in [9.17, 15) is 9.59 Å². The minimum absolute atomic E-state index is 0.221. The van der Waals surface area contributed by atoms with Gasteiger partial charge in [0.15, 0.2) is 0 Å². The van der Waals surface area contributed by atoms with Gasteiger partial charge in [0, 0.05) is 16.3 Å². The topological polar surface area (TPSA) is 88.9 Å². The third-order valence-corrected chi connectivity index (χ3v) is 5.10. The van der Waals surface area contributed by atoms with Gasteiger partial charge >= 0.3 is 0 Å². The summed E-state index contributed by atoms with van der Waals surface area (Å²) in [5, 5.41) is 12.0. The van der Waals surface area contributed by atoms with Gasteiger partial charge in [0.25, 0.3) is 11.8 Å². The van der Waals surface area contributed by atoms with Crippen LogP contribution in [0.5, 0.6) is 0 Å². The Morgan fingerprint density at radius 2 is 1.90 bits per heavy atom. The molecule has 2 amide bonds. The number of hydrogen-bond acceptors (Lipinski definition) is 5. The van der Waals surface area contributed by atoms with Gasteiger partial charge in [0.1, 0.15) is 12.7 Å². The molecule has 7 nitrogen and oxygen atoms in total. The summed E-state index contributed by atoms with van der Waals surface area (Å²) in [5.74, 6) is -0.568. The third kappa shape index (κ3) is 4.34. The zero-order valence-electron chi connectivity index (χ0n) is 14.9. The van der Waals surface area contributed by atoms with E-state index in [4.69, 9.17) is 11.6 Å². The zero-order chi connectivity index (χ0) is 20.2. The zero-order valence-corrected chi connectivity index (χ0v) is 16.4. The Balaban J connectivity index is 1.55. The van der Waals surface area contributed by atoms with E-state index in [1.54, 1.807) is 54.6 Å². The van der Waals surface area contributed by atoms with Crippen LogP contribution in [-0.2, 0) is 0 Å². The average molecular weight is 424 g/mol. The number of hydrogen-bond donors (Lipinski definition) is 2. The molecule has 0 saturated carbocycles. The van der Waals surface area contributed by atoms with E-state index in [1.807, 2.05) is 5.38 Å². The number of nitrogens with one attached hydrogen (secondary N) is 2. The molecule has 2 N–H and O–H groups in total. The highest BCUT2D eigenvalue weighted by atomic mass is 35.5. The van der Waals surface area contributed by atoms with Gasteiger partial charge in [0.2, 0.25) is 0 Å². The summed E-state index contributed by atoms with van der Waals surface area (Å²) in [5.41, 5.74) is 2.03. The van der Waals surface area contributed by atoms with Crippen LogP contribution in [-0.4, -0.2) is 26.6 Å². The Hall–Kier alpha value is -3.49. The smallest absolute Gasteiger partial charge is 0.265 e. The van der Waals surface area contributed by atoms with Crippen LogP contribution in [0.25, 0.3) is 5.69 Å². The molecule has 0 spiro atoms. The first-order chi connectivity index (χ1) is 14.1. The normalized spacial score (nSPS) is 10.5. The van der Waals surface area contributed by atoms with Crippen molar-refractivity contribution in [2.75, 3.05) is 10.6 Å². The summed E-state index contributed by atoms with van der Waals surface area (Å²) in [7, 11) is 0. The molecule has 2 aromatic carbocycles. The number of thiophene rings is 1. The molecule has 9 heteroatoms. The van der Waals surface area contributed by atoms with Crippen LogP contribution >= 0.6 is 22.9 Å². The lowest BCUT2D eigenvalue weighted by molar-refractivity contribution is 0.101. The SMILES string of the molecule is O=C(Nc1cc(Cl)ccc1-n1cncn1)c1cccc(NC(=O)c2cccs2)c1. The Bertz CT molecular complexity index is 1160. The highest BCUT2D eigenvalue weighted by Gasteiger charge is 2.13. The maximum absolute atomic E-state index is 12.8. The Labute approximate surface area is 175 Å².